The van der Waals surface area contributed by atoms with Gasteiger partial charge in [-0.15, -0.1) is 11.3 Å². The zero-order valence-electron chi connectivity index (χ0n) is 31.6. The van der Waals surface area contributed by atoms with E-state index in [-0.39, 0.29) is 35.5 Å². The van der Waals surface area contributed by atoms with Gasteiger partial charge in [-0.25, -0.2) is 4.98 Å². The maximum Gasteiger partial charge on any atom is 0.175 e. The van der Waals surface area contributed by atoms with Crippen LogP contribution >= 0.6 is 11.3 Å². The predicted molar refractivity (Wildman–Crippen MR) is 208 cm³/mol. The van der Waals surface area contributed by atoms with Crippen molar-refractivity contribution in [2.24, 2.45) is 17.8 Å². The van der Waals surface area contributed by atoms with Crippen LogP contribution < -0.4 is 0 Å². The van der Waals surface area contributed by atoms with Crippen molar-refractivity contribution in [3.63, 3.8) is 0 Å². The molecule has 2 aromatic heterocycles. The van der Waals surface area contributed by atoms with Gasteiger partial charge >= 0.3 is 0 Å². The summed E-state index contributed by atoms with van der Waals surface area (Å²) in [6, 6.07) is 17.5. The van der Waals surface area contributed by atoms with Crippen LogP contribution in [0.2, 0.25) is 0 Å². The van der Waals surface area contributed by atoms with Crippen molar-refractivity contribution in [3.8, 4) is 21.8 Å². The molecule has 0 bridgehead atoms. The SMILES string of the molecule is Cc1ccc(-c2cc(C)n(C3C(=O)CC(CC4CCOCC4)C3=O)n2)cc1.Cc1ccc(-c2nc(C3C(=O)C/C(=C\C4CCOCC4)C3=O)c(C)s2)cc1. The molecule has 8 rings (SSSR count). The number of benzene rings is 2. The molecule has 4 heterocycles. The van der Waals surface area contributed by atoms with E-state index in [9.17, 15) is 19.2 Å². The number of carbonyl (C=O) groups excluding carboxylic acids is 4. The van der Waals surface area contributed by atoms with E-state index in [4.69, 9.17) is 14.5 Å². The van der Waals surface area contributed by atoms with Gasteiger partial charge in [-0.1, -0.05) is 65.7 Å². The van der Waals surface area contributed by atoms with E-state index in [1.807, 2.05) is 88.4 Å². The highest BCUT2D eigenvalue weighted by Gasteiger charge is 2.44. The highest BCUT2D eigenvalue weighted by molar-refractivity contribution is 7.15. The van der Waals surface area contributed by atoms with E-state index < -0.39 is 12.0 Å². The summed E-state index contributed by atoms with van der Waals surface area (Å²) < 4.78 is 12.4. The summed E-state index contributed by atoms with van der Waals surface area (Å²) >= 11 is 1.55. The van der Waals surface area contributed by atoms with Crippen LogP contribution in [-0.2, 0) is 28.7 Å². The van der Waals surface area contributed by atoms with E-state index in [0.29, 0.717) is 29.5 Å². The van der Waals surface area contributed by atoms with Gasteiger partial charge in [0, 0.05) is 66.9 Å². The molecule has 3 unspecified atom stereocenters. The molecule has 2 saturated carbocycles. The molecular formula is C44H49N3O6S. The number of thiazole rings is 1. The summed E-state index contributed by atoms with van der Waals surface area (Å²) in [6.45, 7) is 10.9. The lowest BCUT2D eigenvalue weighted by atomic mass is 9.87. The summed E-state index contributed by atoms with van der Waals surface area (Å²) in [5.41, 5.74) is 7.37. The maximum atomic E-state index is 13.0. The zero-order valence-corrected chi connectivity index (χ0v) is 32.5. The minimum atomic E-state index is -0.756. The van der Waals surface area contributed by atoms with E-state index in [1.165, 1.54) is 11.1 Å². The van der Waals surface area contributed by atoms with Crippen LogP contribution in [-0.4, -0.2) is 64.3 Å². The molecule has 10 heteroatoms. The second kappa shape index (κ2) is 16.6. The van der Waals surface area contributed by atoms with Gasteiger partial charge in [0.2, 0.25) is 0 Å². The van der Waals surface area contributed by atoms with Crippen LogP contribution in [0.25, 0.3) is 21.8 Å². The first kappa shape index (κ1) is 37.9. The maximum absolute atomic E-state index is 13.0. The first-order valence-electron chi connectivity index (χ1n) is 19.2. The Labute approximate surface area is 321 Å². The molecule has 4 aromatic rings. The van der Waals surface area contributed by atoms with Crippen molar-refractivity contribution in [1.29, 1.82) is 0 Å². The van der Waals surface area contributed by atoms with Crippen molar-refractivity contribution in [2.45, 2.75) is 84.6 Å². The lowest BCUT2D eigenvalue weighted by molar-refractivity contribution is -0.128. The number of nitrogens with zero attached hydrogens (tertiary/aromatic N) is 3. The van der Waals surface area contributed by atoms with E-state index in [0.717, 1.165) is 90.9 Å². The van der Waals surface area contributed by atoms with Gasteiger partial charge < -0.3 is 9.47 Å². The van der Waals surface area contributed by atoms with E-state index in [1.54, 1.807) is 16.0 Å². The Morgan fingerprint density at radius 1 is 0.796 bits per heavy atom. The summed E-state index contributed by atoms with van der Waals surface area (Å²) in [5.74, 6) is -0.127. The second-order valence-corrected chi connectivity index (χ2v) is 16.6. The molecule has 0 amide bonds. The Balaban J connectivity index is 0.000000167. The molecule has 0 N–H and O–H groups in total. The highest BCUT2D eigenvalue weighted by Crippen LogP contribution is 2.39. The fraction of sp³-hybridized carbons (Fsp3) is 0.455. The van der Waals surface area contributed by atoms with Crippen molar-refractivity contribution < 1.29 is 28.7 Å². The van der Waals surface area contributed by atoms with Crippen LogP contribution in [0.4, 0.5) is 0 Å². The summed E-state index contributed by atoms with van der Waals surface area (Å²) in [5, 5.41) is 5.49. The number of hydrogen-bond donors (Lipinski definition) is 0. The average molecular weight is 748 g/mol. The monoisotopic (exact) mass is 747 g/mol. The molecule has 282 valence electrons. The molecule has 2 saturated heterocycles. The lowest BCUT2D eigenvalue weighted by Crippen LogP contribution is -2.25. The molecular weight excluding hydrogens is 699 g/mol. The third kappa shape index (κ3) is 8.31. The number of rotatable bonds is 7. The zero-order chi connectivity index (χ0) is 37.9. The smallest absolute Gasteiger partial charge is 0.175 e. The predicted octanol–water partition coefficient (Wildman–Crippen LogP) is 8.09. The Kier molecular flexibility index (Phi) is 11.6. The molecule has 3 atom stereocenters. The quantitative estimate of drug-likeness (QED) is 0.138. The van der Waals surface area contributed by atoms with E-state index >= 15 is 0 Å². The first-order valence-corrected chi connectivity index (χ1v) is 20.0. The van der Waals surface area contributed by atoms with Gasteiger partial charge in [-0.3, -0.25) is 23.9 Å². The number of hydrogen-bond acceptors (Lipinski definition) is 9. The summed E-state index contributed by atoms with van der Waals surface area (Å²) in [6.07, 6.45) is 7.21. The molecule has 4 fully saturated rings. The normalized spacial score (nSPS) is 23.3. The Morgan fingerprint density at radius 2 is 1.41 bits per heavy atom. The van der Waals surface area contributed by atoms with Crippen LogP contribution in [0.1, 0.15) is 84.3 Å². The Hall–Kier alpha value is -4.38. The molecule has 2 aliphatic heterocycles. The van der Waals surface area contributed by atoms with Crippen LogP contribution in [0.5, 0.6) is 0 Å². The van der Waals surface area contributed by atoms with Crippen molar-refractivity contribution in [2.75, 3.05) is 26.4 Å². The van der Waals surface area contributed by atoms with Crippen molar-refractivity contribution in [3.05, 3.63) is 93.6 Å². The lowest BCUT2D eigenvalue weighted by Gasteiger charge is -2.24. The summed E-state index contributed by atoms with van der Waals surface area (Å²) in [7, 11) is 0. The highest BCUT2D eigenvalue weighted by atomic mass is 32.1. The summed E-state index contributed by atoms with van der Waals surface area (Å²) in [4.78, 5) is 57.0. The molecule has 4 aliphatic rings. The molecule has 2 aromatic carbocycles. The van der Waals surface area contributed by atoms with Crippen LogP contribution in [0.15, 0.2) is 66.2 Å². The van der Waals surface area contributed by atoms with Gasteiger partial charge in [-0.2, -0.15) is 5.10 Å². The molecule has 54 heavy (non-hydrogen) atoms. The largest absolute Gasteiger partial charge is 0.381 e. The number of carbonyl (C=O) groups is 4. The van der Waals surface area contributed by atoms with E-state index in [2.05, 4.69) is 5.10 Å². The molecule has 0 radical (unpaired) electrons. The third-order valence-corrected chi connectivity index (χ3v) is 12.3. The standard InChI is InChI=1S/C22H26N2O3.C22H23NO3S/c1-14-3-5-17(6-4-14)19-11-15(2)24(23-19)21-20(25)13-18(22(21)26)12-16-7-9-27-10-8-16;1-13-3-5-16(6-4-13)22-23-20(14(2)27-22)19-18(24)12-17(21(19)25)11-15-7-9-26-10-8-15/h3-6,11,16,18,21H,7-10,12-13H2,1-2H3;3-6,11,15,19H,7-10,12H2,1-2H3/b;17-11+. The Bertz CT molecular complexity index is 2050. The van der Waals surface area contributed by atoms with Crippen LogP contribution in [0, 0.1) is 45.4 Å². The number of ether oxygens (including phenoxy) is 2. The van der Waals surface area contributed by atoms with Gasteiger partial charge in [0.05, 0.1) is 11.4 Å². The Morgan fingerprint density at radius 3 is 2.06 bits per heavy atom. The van der Waals surface area contributed by atoms with Gasteiger partial charge in [0.15, 0.2) is 29.2 Å². The molecule has 2 aliphatic carbocycles. The number of aryl methyl sites for hydroxylation is 4. The van der Waals surface area contributed by atoms with Crippen molar-refractivity contribution >= 4 is 34.5 Å². The molecule has 9 nitrogen and oxygen atoms in total. The van der Waals surface area contributed by atoms with Gasteiger partial charge in [0.1, 0.15) is 10.9 Å². The number of ketones is 4. The van der Waals surface area contributed by atoms with Crippen LogP contribution in [0.3, 0.4) is 0 Å². The first-order chi connectivity index (χ1) is 26.0. The third-order valence-electron chi connectivity index (χ3n) is 11.3. The minimum absolute atomic E-state index is 0.00119. The fourth-order valence-corrected chi connectivity index (χ4v) is 9.04. The van der Waals surface area contributed by atoms with Gasteiger partial charge in [-0.05, 0) is 83.3 Å². The van der Waals surface area contributed by atoms with Gasteiger partial charge in [0.25, 0.3) is 0 Å². The average Bonchev–Trinajstić information content (AvgIpc) is 3.89. The molecule has 0 spiro atoms. The minimum Gasteiger partial charge on any atom is -0.381 e. The fourth-order valence-electron chi connectivity index (χ4n) is 8.08. The number of aromatic nitrogens is 3. The number of Topliss-reactive ketones (excluding diaryl/α,β-unsaturated/α-hetero) is 4. The number of allylic oxidation sites excluding steroid dienone is 2. The topological polar surface area (TPSA) is 117 Å². The van der Waals surface area contributed by atoms with Crippen molar-refractivity contribution in [1.82, 2.24) is 14.8 Å². The second-order valence-electron chi connectivity index (χ2n) is 15.4.